The second-order valence-corrected chi connectivity index (χ2v) is 8.49. The minimum absolute atomic E-state index is 0.181. The lowest BCUT2D eigenvalue weighted by atomic mass is 10.0. The Morgan fingerprint density at radius 2 is 2.10 bits per heavy atom. The van der Waals surface area contributed by atoms with Gasteiger partial charge in [0.2, 0.25) is 5.91 Å². The molecule has 1 aliphatic heterocycles. The van der Waals surface area contributed by atoms with Crippen molar-refractivity contribution in [2.75, 3.05) is 31.1 Å². The van der Waals surface area contributed by atoms with Crippen molar-refractivity contribution in [3.8, 4) is 6.07 Å². The van der Waals surface area contributed by atoms with E-state index in [1.807, 2.05) is 35.4 Å². The van der Waals surface area contributed by atoms with E-state index in [1.165, 1.54) is 0 Å². The predicted octanol–water partition coefficient (Wildman–Crippen LogP) is 2.89. The first-order valence-electron chi connectivity index (χ1n) is 10.5. The van der Waals surface area contributed by atoms with Crippen molar-refractivity contribution in [3.63, 3.8) is 0 Å². The molecule has 2 aliphatic rings. The summed E-state index contributed by atoms with van der Waals surface area (Å²) in [5.74, 6) is 1.15. The minimum atomic E-state index is 0.181. The molecule has 0 radical (unpaired) electrons. The molecule has 0 atom stereocenters. The molecule has 1 saturated carbocycles. The zero-order valence-electron chi connectivity index (χ0n) is 16.8. The van der Waals surface area contributed by atoms with Gasteiger partial charge in [-0.2, -0.15) is 5.26 Å². The van der Waals surface area contributed by atoms with Gasteiger partial charge in [0.25, 0.3) is 0 Å². The van der Waals surface area contributed by atoms with Gasteiger partial charge >= 0.3 is 0 Å². The van der Waals surface area contributed by atoms with Gasteiger partial charge < -0.3 is 14.8 Å². The number of hydrogen-bond acceptors (Lipinski definition) is 5. The Kier molecular flexibility index (Phi) is 4.62. The summed E-state index contributed by atoms with van der Waals surface area (Å²) in [7, 11) is 0. The lowest BCUT2D eigenvalue weighted by molar-refractivity contribution is -0.131. The third kappa shape index (κ3) is 3.61. The lowest BCUT2D eigenvalue weighted by Crippen LogP contribution is -2.36. The van der Waals surface area contributed by atoms with Crippen LogP contribution in [0.1, 0.15) is 30.4 Å². The number of rotatable bonds is 4. The van der Waals surface area contributed by atoms with E-state index in [1.54, 1.807) is 12.4 Å². The summed E-state index contributed by atoms with van der Waals surface area (Å²) >= 11 is 0. The molecule has 1 amide bonds. The average Bonchev–Trinajstić information content (AvgIpc) is 3.42. The molecule has 152 valence electrons. The molecule has 1 aliphatic carbocycles. The number of aromatic amines is 1. The minimum Gasteiger partial charge on any atom is -0.354 e. The highest BCUT2D eigenvalue weighted by Gasteiger charge is 2.47. The Hall–Kier alpha value is -3.40. The molecule has 30 heavy (non-hydrogen) atoms. The van der Waals surface area contributed by atoms with Crippen LogP contribution in [0.4, 0.5) is 5.82 Å². The number of aryl methyl sites for hydroxylation is 1. The third-order valence-corrected chi connectivity index (χ3v) is 6.32. The standard InChI is InChI=1S/C23H24N6O/c24-13-18-3-1-2-17(12-18)4-5-20(30)28-10-11-29(15-23(14-28)7-8-23)22-19-6-9-25-21(19)26-16-27-22/h1-3,6,9,12,16H,4-5,7-8,10-11,14-15H2,(H,25,26,27). The maximum absolute atomic E-state index is 13.0. The van der Waals surface area contributed by atoms with E-state index in [0.717, 1.165) is 54.9 Å². The van der Waals surface area contributed by atoms with Gasteiger partial charge in [-0.05, 0) is 43.0 Å². The molecule has 7 nitrogen and oxygen atoms in total. The van der Waals surface area contributed by atoms with Crippen LogP contribution >= 0.6 is 0 Å². The van der Waals surface area contributed by atoms with E-state index in [4.69, 9.17) is 5.26 Å². The number of carbonyl (C=O) groups is 1. The lowest BCUT2D eigenvalue weighted by Gasteiger charge is -2.25. The van der Waals surface area contributed by atoms with Crippen molar-refractivity contribution in [3.05, 3.63) is 54.0 Å². The second-order valence-electron chi connectivity index (χ2n) is 8.49. The molecular weight excluding hydrogens is 376 g/mol. The summed E-state index contributed by atoms with van der Waals surface area (Å²) in [4.78, 5) is 29.4. The van der Waals surface area contributed by atoms with Gasteiger partial charge in [-0.3, -0.25) is 4.79 Å². The van der Waals surface area contributed by atoms with Crippen molar-refractivity contribution < 1.29 is 4.79 Å². The van der Waals surface area contributed by atoms with Gasteiger partial charge in [0.1, 0.15) is 17.8 Å². The molecular formula is C23H24N6O. The Bertz CT molecular complexity index is 1130. The number of nitrogens with one attached hydrogen (secondary N) is 1. The molecule has 3 heterocycles. The second kappa shape index (κ2) is 7.45. The molecule has 5 rings (SSSR count). The Labute approximate surface area is 175 Å². The highest BCUT2D eigenvalue weighted by molar-refractivity contribution is 5.87. The maximum atomic E-state index is 13.0. The van der Waals surface area contributed by atoms with Crippen molar-refractivity contribution in [2.24, 2.45) is 5.41 Å². The zero-order chi connectivity index (χ0) is 20.6. The van der Waals surface area contributed by atoms with Crippen LogP contribution in [0, 0.1) is 16.7 Å². The van der Waals surface area contributed by atoms with Gasteiger partial charge in [0, 0.05) is 44.2 Å². The monoisotopic (exact) mass is 400 g/mol. The number of carbonyl (C=O) groups excluding carboxylic acids is 1. The van der Waals surface area contributed by atoms with Gasteiger partial charge in [0.15, 0.2) is 0 Å². The summed E-state index contributed by atoms with van der Waals surface area (Å²) in [6, 6.07) is 11.7. The summed E-state index contributed by atoms with van der Waals surface area (Å²) in [5.41, 5.74) is 2.71. The van der Waals surface area contributed by atoms with Gasteiger partial charge in [0.05, 0.1) is 17.0 Å². The van der Waals surface area contributed by atoms with Crippen LogP contribution in [0.5, 0.6) is 0 Å². The Morgan fingerprint density at radius 1 is 1.20 bits per heavy atom. The third-order valence-electron chi connectivity index (χ3n) is 6.32. The van der Waals surface area contributed by atoms with E-state index in [0.29, 0.717) is 24.9 Å². The molecule has 1 aromatic carbocycles. The molecule has 0 bridgehead atoms. The topological polar surface area (TPSA) is 88.9 Å². The normalized spacial score (nSPS) is 17.7. The smallest absolute Gasteiger partial charge is 0.222 e. The molecule has 2 aromatic heterocycles. The highest BCUT2D eigenvalue weighted by Crippen LogP contribution is 2.48. The maximum Gasteiger partial charge on any atom is 0.222 e. The predicted molar refractivity (Wildman–Crippen MR) is 114 cm³/mol. The van der Waals surface area contributed by atoms with Crippen LogP contribution < -0.4 is 4.90 Å². The number of fused-ring (bicyclic) bond motifs is 1. The number of aromatic nitrogens is 3. The fourth-order valence-corrected chi connectivity index (χ4v) is 4.46. The number of nitriles is 1. The molecule has 2 fully saturated rings. The largest absolute Gasteiger partial charge is 0.354 e. The van der Waals surface area contributed by atoms with Crippen molar-refractivity contribution in [1.82, 2.24) is 19.9 Å². The number of benzene rings is 1. The van der Waals surface area contributed by atoms with Crippen LogP contribution in [0.25, 0.3) is 11.0 Å². The number of amides is 1. The van der Waals surface area contributed by atoms with Crippen molar-refractivity contribution in [1.29, 1.82) is 5.26 Å². The van der Waals surface area contributed by atoms with E-state index in [-0.39, 0.29) is 11.3 Å². The van der Waals surface area contributed by atoms with Gasteiger partial charge in [-0.15, -0.1) is 0 Å². The van der Waals surface area contributed by atoms with E-state index >= 15 is 0 Å². The Balaban J connectivity index is 1.29. The summed E-state index contributed by atoms with van der Waals surface area (Å²) in [6.45, 7) is 3.23. The van der Waals surface area contributed by atoms with Crippen LogP contribution in [0.15, 0.2) is 42.9 Å². The SMILES string of the molecule is N#Cc1cccc(CCC(=O)N2CCN(c3ncnc4[nH]ccc34)CC3(CC3)C2)c1. The van der Waals surface area contributed by atoms with Gasteiger partial charge in [-0.25, -0.2) is 9.97 Å². The summed E-state index contributed by atoms with van der Waals surface area (Å²) in [5, 5.41) is 10.1. The first-order chi connectivity index (χ1) is 14.7. The number of H-pyrrole nitrogens is 1. The van der Waals surface area contributed by atoms with Crippen LogP contribution in [-0.4, -0.2) is 51.9 Å². The average molecular weight is 400 g/mol. The van der Waals surface area contributed by atoms with Crippen LogP contribution in [0.2, 0.25) is 0 Å². The fraction of sp³-hybridized carbons (Fsp3) is 0.391. The molecule has 7 heteroatoms. The highest BCUT2D eigenvalue weighted by atomic mass is 16.2. The quantitative estimate of drug-likeness (QED) is 0.727. The van der Waals surface area contributed by atoms with Crippen LogP contribution in [0.3, 0.4) is 0 Å². The van der Waals surface area contributed by atoms with E-state index < -0.39 is 0 Å². The van der Waals surface area contributed by atoms with Crippen molar-refractivity contribution in [2.45, 2.75) is 25.7 Å². The summed E-state index contributed by atoms with van der Waals surface area (Å²) in [6.07, 6.45) is 6.94. The molecule has 1 spiro atoms. The number of hydrogen-bond donors (Lipinski definition) is 1. The number of nitrogens with zero attached hydrogens (tertiary/aromatic N) is 5. The van der Waals surface area contributed by atoms with Crippen LogP contribution in [-0.2, 0) is 11.2 Å². The summed E-state index contributed by atoms with van der Waals surface area (Å²) < 4.78 is 0. The molecule has 1 N–H and O–H groups in total. The number of anilines is 1. The first kappa shape index (κ1) is 18.6. The van der Waals surface area contributed by atoms with Gasteiger partial charge in [-0.1, -0.05) is 12.1 Å². The van der Waals surface area contributed by atoms with Crippen molar-refractivity contribution >= 4 is 22.8 Å². The van der Waals surface area contributed by atoms with E-state index in [9.17, 15) is 4.79 Å². The Morgan fingerprint density at radius 3 is 2.93 bits per heavy atom. The molecule has 0 unspecified atom stereocenters. The first-order valence-corrected chi connectivity index (χ1v) is 10.5. The molecule has 3 aromatic rings. The van der Waals surface area contributed by atoms with E-state index in [2.05, 4.69) is 25.9 Å². The fourth-order valence-electron chi connectivity index (χ4n) is 4.46. The zero-order valence-corrected chi connectivity index (χ0v) is 16.8. The molecule has 1 saturated heterocycles.